The summed E-state index contributed by atoms with van der Waals surface area (Å²) in [6.45, 7) is -0.381. The number of anilines is 2. The normalized spacial score (nSPS) is 11.0. The van der Waals surface area contributed by atoms with E-state index in [1.165, 1.54) is 18.2 Å². The van der Waals surface area contributed by atoms with Gasteiger partial charge in [-0.2, -0.15) is 13.2 Å². The lowest BCUT2D eigenvalue weighted by atomic mass is 10.2. The molecule has 2 rings (SSSR count). The molecule has 5 nitrogen and oxygen atoms in total. The molecule has 0 unspecified atom stereocenters. The number of rotatable bonds is 4. The highest BCUT2D eigenvalue weighted by molar-refractivity contribution is 6.42. The largest absolute Gasteiger partial charge is 0.416 e. The predicted octanol–water partition coefficient (Wildman–Crippen LogP) is 4.77. The number of nitrogens with one attached hydrogen (secondary N) is 3. The van der Waals surface area contributed by atoms with Gasteiger partial charge in [-0.05, 0) is 42.5 Å². The lowest BCUT2D eigenvalue weighted by Crippen LogP contribution is -2.35. The van der Waals surface area contributed by atoms with Crippen LogP contribution in [-0.4, -0.2) is 18.5 Å². The minimum Gasteiger partial charge on any atom is -0.329 e. The molecule has 3 amide bonds. The molecule has 0 aromatic heterocycles. The molecule has 0 aliphatic carbocycles. The van der Waals surface area contributed by atoms with Crippen LogP contribution < -0.4 is 16.0 Å². The summed E-state index contributed by atoms with van der Waals surface area (Å²) in [6.07, 6.45) is -4.45. The second-order valence-corrected chi connectivity index (χ2v) is 5.87. The molecule has 0 radical (unpaired) electrons. The van der Waals surface area contributed by atoms with Crippen molar-refractivity contribution >= 4 is 46.5 Å². The Hall–Kier alpha value is -2.45. The van der Waals surface area contributed by atoms with Crippen molar-refractivity contribution in [2.75, 3.05) is 17.2 Å². The van der Waals surface area contributed by atoms with Crippen LogP contribution in [0.5, 0.6) is 0 Å². The number of hydrogen-bond donors (Lipinski definition) is 3. The average Bonchev–Trinajstić information content (AvgIpc) is 2.56. The predicted molar refractivity (Wildman–Crippen MR) is 93.6 cm³/mol. The molecule has 138 valence electrons. The molecule has 0 aliphatic heterocycles. The number of halogens is 5. The Morgan fingerprint density at radius 1 is 0.885 bits per heavy atom. The summed E-state index contributed by atoms with van der Waals surface area (Å²) < 4.78 is 37.4. The number of alkyl halides is 3. The number of urea groups is 1. The molecule has 0 heterocycles. The molecule has 0 saturated carbocycles. The van der Waals surface area contributed by atoms with E-state index in [1.54, 1.807) is 0 Å². The van der Waals surface area contributed by atoms with Gasteiger partial charge in [-0.25, -0.2) is 4.79 Å². The number of hydrogen-bond acceptors (Lipinski definition) is 2. The SMILES string of the molecule is O=C(CNC(=O)Nc1ccc(Cl)c(Cl)c1)Nc1ccc(C(F)(F)F)cc1. The van der Waals surface area contributed by atoms with Crippen molar-refractivity contribution < 1.29 is 22.8 Å². The maximum atomic E-state index is 12.5. The van der Waals surface area contributed by atoms with E-state index in [2.05, 4.69) is 16.0 Å². The molecule has 26 heavy (non-hydrogen) atoms. The average molecular weight is 406 g/mol. The van der Waals surface area contributed by atoms with Crippen molar-refractivity contribution in [3.8, 4) is 0 Å². The molecule has 0 bridgehead atoms. The summed E-state index contributed by atoms with van der Waals surface area (Å²) in [7, 11) is 0. The zero-order valence-corrected chi connectivity index (χ0v) is 14.5. The topological polar surface area (TPSA) is 70.2 Å². The molecule has 2 aromatic rings. The van der Waals surface area contributed by atoms with Gasteiger partial charge < -0.3 is 16.0 Å². The Labute approximate surface area is 156 Å². The Morgan fingerprint density at radius 2 is 1.50 bits per heavy atom. The molecule has 10 heteroatoms. The van der Waals surface area contributed by atoms with Gasteiger partial charge in [0.05, 0.1) is 22.2 Å². The minimum absolute atomic E-state index is 0.176. The van der Waals surface area contributed by atoms with Crippen molar-refractivity contribution in [1.29, 1.82) is 0 Å². The minimum atomic E-state index is -4.45. The Morgan fingerprint density at radius 3 is 2.08 bits per heavy atom. The van der Waals surface area contributed by atoms with Gasteiger partial charge in [-0.15, -0.1) is 0 Å². The van der Waals surface area contributed by atoms with Crippen LogP contribution in [0.4, 0.5) is 29.3 Å². The third-order valence-corrected chi connectivity index (χ3v) is 3.82. The van der Waals surface area contributed by atoms with Crippen LogP contribution in [-0.2, 0) is 11.0 Å². The molecule has 0 atom stereocenters. The van der Waals surface area contributed by atoms with E-state index < -0.39 is 23.7 Å². The van der Waals surface area contributed by atoms with Crippen molar-refractivity contribution in [2.45, 2.75) is 6.18 Å². The molecule has 0 saturated heterocycles. The van der Waals surface area contributed by atoms with Gasteiger partial charge in [0.1, 0.15) is 0 Å². The monoisotopic (exact) mass is 405 g/mol. The van der Waals surface area contributed by atoms with Crippen molar-refractivity contribution in [3.63, 3.8) is 0 Å². The summed E-state index contributed by atoms with van der Waals surface area (Å²) in [6, 6.07) is 7.73. The molecular formula is C16H12Cl2F3N3O2. The van der Waals surface area contributed by atoms with Gasteiger partial charge >= 0.3 is 12.2 Å². The van der Waals surface area contributed by atoms with Crippen LogP contribution in [0.1, 0.15) is 5.56 Å². The zero-order chi connectivity index (χ0) is 19.3. The summed E-state index contributed by atoms with van der Waals surface area (Å²) in [5.41, 5.74) is -0.274. The third-order valence-electron chi connectivity index (χ3n) is 3.08. The van der Waals surface area contributed by atoms with Crippen LogP contribution in [0.25, 0.3) is 0 Å². The first-order valence-electron chi connectivity index (χ1n) is 7.12. The quantitative estimate of drug-likeness (QED) is 0.685. The molecule has 0 aliphatic rings. The van der Waals surface area contributed by atoms with Gasteiger partial charge in [0, 0.05) is 11.4 Å². The molecule has 3 N–H and O–H groups in total. The number of benzene rings is 2. The Bertz CT molecular complexity index is 811. The first-order chi connectivity index (χ1) is 12.1. The molecular weight excluding hydrogens is 394 g/mol. The van der Waals surface area contributed by atoms with E-state index in [0.717, 1.165) is 24.3 Å². The van der Waals surface area contributed by atoms with Crippen LogP contribution >= 0.6 is 23.2 Å². The van der Waals surface area contributed by atoms with Gasteiger partial charge in [-0.1, -0.05) is 23.2 Å². The van der Waals surface area contributed by atoms with Gasteiger partial charge in [0.2, 0.25) is 5.91 Å². The Kier molecular flexibility index (Phi) is 6.33. The smallest absolute Gasteiger partial charge is 0.329 e. The van der Waals surface area contributed by atoms with Crippen LogP contribution in [0.15, 0.2) is 42.5 Å². The summed E-state index contributed by atoms with van der Waals surface area (Å²) in [5, 5.41) is 7.71. The maximum Gasteiger partial charge on any atom is 0.416 e. The van der Waals surface area contributed by atoms with Gasteiger partial charge in [0.15, 0.2) is 0 Å². The fourth-order valence-electron chi connectivity index (χ4n) is 1.86. The first-order valence-corrected chi connectivity index (χ1v) is 7.88. The Balaban J connectivity index is 1.82. The fourth-order valence-corrected chi connectivity index (χ4v) is 2.16. The van der Waals surface area contributed by atoms with Crippen molar-refractivity contribution in [1.82, 2.24) is 5.32 Å². The van der Waals surface area contributed by atoms with E-state index in [1.807, 2.05) is 0 Å². The van der Waals surface area contributed by atoms with E-state index in [0.29, 0.717) is 10.7 Å². The summed E-state index contributed by atoms with van der Waals surface area (Å²) in [4.78, 5) is 23.5. The maximum absolute atomic E-state index is 12.5. The number of amides is 3. The van der Waals surface area contributed by atoms with E-state index in [9.17, 15) is 22.8 Å². The number of carbonyl (C=O) groups excluding carboxylic acids is 2. The van der Waals surface area contributed by atoms with Crippen molar-refractivity contribution in [3.05, 3.63) is 58.1 Å². The standard InChI is InChI=1S/C16H12Cl2F3N3O2/c17-12-6-5-11(7-13(12)18)24-15(26)22-8-14(25)23-10-3-1-9(2-4-10)16(19,20)21/h1-7H,8H2,(H,23,25)(H2,22,24,26). The molecule has 0 fully saturated rings. The lowest BCUT2D eigenvalue weighted by Gasteiger charge is -2.10. The highest BCUT2D eigenvalue weighted by atomic mass is 35.5. The van der Waals surface area contributed by atoms with E-state index in [-0.39, 0.29) is 17.3 Å². The van der Waals surface area contributed by atoms with Gasteiger partial charge in [0.25, 0.3) is 0 Å². The van der Waals surface area contributed by atoms with Crippen molar-refractivity contribution in [2.24, 2.45) is 0 Å². The van der Waals surface area contributed by atoms with Crippen LogP contribution in [0, 0.1) is 0 Å². The number of carbonyl (C=O) groups is 2. The fraction of sp³-hybridized carbons (Fsp3) is 0.125. The third kappa shape index (κ3) is 5.82. The second-order valence-electron chi connectivity index (χ2n) is 5.06. The first kappa shape index (κ1) is 19.9. The van der Waals surface area contributed by atoms with Crippen LogP contribution in [0.3, 0.4) is 0 Å². The van der Waals surface area contributed by atoms with Gasteiger partial charge in [-0.3, -0.25) is 4.79 Å². The highest BCUT2D eigenvalue weighted by Crippen LogP contribution is 2.29. The summed E-state index contributed by atoms with van der Waals surface area (Å²) >= 11 is 11.6. The molecule has 2 aromatic carbocycles. The second kappa shape index (κ2) is 8.29. The van der Waals surface area contributed by atoms with E-state index in [4.69, 9.17) is 23.2 Å². The van der Waals surface area contributed by atoms with E-state index >= 15 is 0 Å². The highest BCUT2D eigenvalue weighted by Gasteiger charge is 2.29. The zero-order valence-electron chi connectivity index (χ0n) is 13.0. The summed E-state index contributed by atoms with van der Waals surface area (Å²) in [5.74, 6) is -0.603. The van der Waals surface area contributed by atoms with Crippen LogP contribution in [0.2, 0.25) is 10.0 Å². The molecule has 0 spiro atoms. The lowest BCUT2D eigenvalue weighted by molar-refractivity contribution is -0.137.